The average Bonchev–Trinajstić information content (AvgIpc) is 2.05. The zero-order valence-electron chi connectivity index (χ0n) is 6.80. The lowest BCUT2D eigenvalue weighted by Crippen LogP contribution is -2.03. The lowest BCUT2D eigenvalue weighted by Gasteiger charge is -2.04. The predicted molar refractivity (Wildman–Crippen MR) is 52.6 cm³/mol. The monoisotopic (exact) mass is 227 g/mol. The molecule has 2 nitrogen and oxygen atoms in total. The topological polar surface area (TPSA) is 33.1 Å². The van der Waals surface area contributed by atoms with E-state index in [4.69, 9.17) is 10.1 Å². The van der Waals surface area contributed by atoms with Gasteiger partial charge in [-0.1, -0.05) is 22.0 Å². The van der Waals surface area contributed by atoms with Crippen molar-refractivity contribution in [2.75, 3.05) is 6.61 Å². The molecule has 0 spiro atoms. The fourth-order valence-electron chi connectivity index (χ4n) is 0.857. The third kappa shape index (κ3) is 2.34. The van der Waals surface area contributed by atoms with Crippen LogP contribution < -0.4 is 0 Å². The van der Waals surface area contributed by atoms with Gasteiger partial charge >= 0.3 is 0 Å². The molecule has 1 rings (SSSR count). The van der Waals surface area contributed by atoms with E-state index in [1.165, 1.54) is 0 Å². The molecule has 12 heavy (non-hydrogen) atoms. The molecule has 1 aromatic rings. The lowest BCUT2D eigenvalue weighted by atomic mass is 10.2. The molecule has 0 aliphatic carbocycles. The molecule has 0 aromatic heterocycles. The highest BCUT2D eigenvalue weighted by atomic mass is 79.9. The van der Waals surface area contributed by atoms with Gasteiger partial charge in [-0.2, -0.15) is 0 Å². The smallest absolute Gasteiger partial charge is 0.213 e. The predicted octanol–water partition coefficient (Wildman–Crippen LogP) is 2.81. The van der Waals surface area contributed by atoms with Gasteiger partial charge in [0, 0.05) is 10.0 Å². The summed E-state index contributed by atoms with van der Waals surface area (Å²) in [6.07, 6.45) is 0. The van der Waals surface area contributed by atoms with Crippen molar-refractivity contribution in [3.63, 3.8) is 0 Å². The molecule has 0 radical (unpaired) electrons. The maximum atomic E-state index is 7.48. The number of hydrogen-bond donors (Lipinski definition) is 1. The third-order valence-corrected chi connectivity index (χ3v) is 1.87. The van der Waals surface area contributed by atoms with Gasteiger partial charge < -0.3 is 4.74 Å². The summed E-state index contributed by atoms with van der Waals surface area (Å²) in [5.74, 6) is 0.221. The van der Waals surface area contributed by atoms with Crippen LogP contribution in [0.15, 0.2) is 28.7 Å². The summed E-state index contributed by atoms with van der Waals surface area (Å²) < 4.78 is 6.01. The fourth-order valence-corrected chi connectivity index (χ4v) is 1.26. The summed E-state index contributed by atoms with van der Waals surface area (Å²) in [5.41, 5.74) is 0.797. The molecule has 64 valence electrons. The Bertz CT molecular complexity index is 286. The SMILES string of the molecule is CCOC(=N)c1cccc(Br)c1. The summed E-state index contributed by atoms with van der Waals surface area (Å²) in [5, 5.41) is 7.48. The molecule has 3 heteroatoms. The van der Waals surface area contributed by atoms with E-state index >= 15 is 0 Å². The first-order chi connectivity index (χ1) is 5.74. The minimum atomic E-state index is 0.221. The number of halogens is 1. The second kappa shape index (κ2) is 4.26. The van der Waals surface area contributed by atoms with Crippen molar-refractivity contribution >= 4 is 21.8 Å². The van der Waals surface area contributed by atoms with E-state index in [1.54, 1.807) is 0 Å². The van der Waals surface area contributed by atoms with Gasteiger partial charge in [-0.25, -0.2) is 0 Å². The van der Waals surface area contributed by atoms with Crippen LogP contribution in [-0.2, 0) is 4.74 Å². The molecule has 0 saturated heterocycles. The quantitative estimate of drug-likeness (QED) is 0.612. The van der Waals surface area contributed by atoms with Crippen LogP contribution >= 0.6 is 15.9 Å². The first-order valence-corrected chi connectivity index (χ1v) is 4.50. The van der Waals surface area contributed by atoms with Crippen LogP contribution in [0.25, 0.3) is 0 Å². The Labute approximate surface area is 80.2 Å². The van der Waals surface area contributed by atoms with Gasteiger partial charge in [0.05, 0.1) is 6.61 Å². The van der Waals surface area contributed by atoms with E-state index in [-0.39, 0.29) is 5.90 Å². The van der Waals surface area contributed by atoms with Gasteiger partial charge in [-0.3, -0.25) is 5.41 Å². The standard InChI is InChI=1S/C9H10BrNO/c1-2-12-9(11)7-4-3-5-8(10)6-7/h3-6,11H,2H2,1H3. The van der Waals surface area contributed by atoms with Gasteiger partial charge in [-0.05, 0) is 25.1 Å². The van der Waals surface area contributed by atoms with Crippen LogP contribution in [-0.4, -0.2) is 12.5 Å². The molecular weight excluding hydrogens is 218 g/mol. The van der Waals surface area contributed by atoms with Crippen LogP contribution in [0.2, 0.25) is 0 Å². The van der Waals surface area contributed by atoms with Gasteiger partial charge in [0.15, 0.2) is 0 Å². The second-order valence-electron chi connectivity index (χ2n) is 2.27. The lowest BCUT2D eigenvalue weighted by molar-refractivity contribution is 0.325. The maximum Gasteiger partial charge on any atom is 0.213 e. The van der Waals surface area contributed by atoms with Crippen molar-refractivity contribution < 1.29 is 4.74 Å². The molecule has 0 aliphatic rings. The molecule has 0 aliphatic heterocycles. The van der Waals surface area contributed by atoms with Crippen LogP contribution in [0.4, 0.5) is 0 Å². The Kier molecular flexibility index (Phi) is 3.29. The summed E-state index contributed by atoms with van der Waals surface area (Å²) >= 11 is 3.33. The molecule has 1 N–H and O–H groups in total. The molecule has 0 bridgehead atoms. The zero-order valence-corrected chi connectivity index (χ0v) is 8.39. The van der Waals surface area contributed by atoms with Crippen LogP contribution in [0, 0.1) is 5.41 Å². The molecule has 1 aromatic carbocycles. The summed E-state index contributed by atoms with van der Waals surface area (Å²) in [7, 11) is 0. The van der Waals surface area contributed by atoms with Crippen molar-refractivity contribution in [2.24, 2.45) is 0 Å². The summed E-state index contributed by atoms with van der Waals surface area (Å²) in [4.78, 5) is 0. The Balaban J connectivity index is 2.81. The van der Waals surface area contributed by atoms with Gasteiger partial charge in [0.25, 0.3) is 0 Å². The number of rotatable bonds is 2. The van der Waals surface area contributed by atoms with Gasteiger partial charge in [-0.15, -0.1) is 0 Å². The number of ether oxygens (including phenoxy) is 1. The third-order valence-electron chi connectivity index (χ3n) is 1.38. The molecule has 0 fully saturated rings. The maximum absolute atomic E-state index is 7.48. The van der Waals surface area contributed by atoms with E-state index in [2.05, 4.69) is 15.9 Å². The fraction of sp³-hybridized carbons (Fsp3) is 0.222. The molecular formula is C9H10BrNO. The minimum Gasteiger partial charge on any atom is -0.478 e. The van der Waals surface area contributed by atoms with E-state index in [1.807, 2.05) is 31.2 Å². The largest absolute Gasteiger partial charge is 0.478 e. The van der Waals surface area contributed by atoms with Gasteiger partial charge in [0.2, 0.25) is 5.90 Å². The normalized spacial score (nSPS) is 9.50. The second-order valence-corrected chi connectivity index (χ2v) is 3.19. The highest BCUT2D eigenvalue weighted by molar-refractivity contribution is 9.10. The Morgan fingerprint density at radius 1 is 1.58 bits per heavy atom. The van der Waals surface area contributed by atoms with Gasteiger partial charge in [0.1, 0.15) is 0 Å². The van der Waals surface area contributed by atoms with E-state index in [0.717, 1.165) is 10.0 Å². The number of nitrogens with one attached hydrogen (secondary N) is 1. The van der Waals surface area contributed by atoms with E-state index in [9.17, 15) is 0 Å². The molecule has 0 heterocycles. The highest BCUT2D eigenvalue weighted by Crippen LogP contribution is 2.12. The molecule has 0 unspecified atom stereocenters. The Morgan fingerprint density at radius 3 is 2.92 bits per heavy atom. The summed E-state index contributed by atoms with van der Waals surface area (Å²) in [6.45, 7) is 2.40. The first kappa shape index (κ1) is 9.26. The molecule has 0 amide bonds. The highest BCUT2D eigenvalue weighted by Gasteiger charge is 2.00. The number of hydrogen-bond acceptors (Lipinski definition) is 2. The van der Waals surface area contributed by atoms with Crippen molar-refractivity contribution in [3.8, 4) is 0 Å². The van der Waals surface area contributed by atoms with Crippen LogP contribution in [0.5, 0.6) is 0 Å². The van der Waals surface area contributed by atoms with Crippen LogP contribution in [0.3, 0.4) is 0 Å². The molecule has 0 atom stereocenters. The zero-order chi connectivity index (χ0) is 8.97. The van der Waals surface area contributed by atoms with Crippen molar-refractivity contribution in [3.05, 3.63) is 34.3 Å². The van der Waals surface area contributed by atoms with Crippen molar-refractivity contribution in [1.29, 1.82) is 5.41 Å². The van der Waals surface area contributed by atoms with Crippen LogP contribution in [0.1, 0.15) is 12.5 Å². The van der Waals surface area contributed by atoms with E-state index in [0.29, 0.717) is 6.61 Å². The first-order valence-electron chi connectivity index (χ1n) is 3.71. The summed E-state index contributed by atoms with van der Waals surface area (Å²) in [6, 6.07) is 7.51. The van der Waals surface area contributed by atoms with Crippen molar-refractivity contribution in [2.45, 2.75) is 6.92 Å². The minimum absolute atomic E-state index is 0.221. The molecule has 0 saturated carbocycles. The number of benzene rings is 1. The Morgan fingerprint density at radius 2 is 2.33 bits per heavy atom. The average molecular weight is 228 g/mol. The van der Waals surface area contributed by atoms with Crippen molar-refractivity contribution in [1.82, 2.24) is 0 Å². The van der Waals surface area contributed by atoms with E-state index < -0.39 is 0 Å². The Hall–Kier alpha value is -0.830.